The van der Waals surface area contributed by atoms with E-state index in [1.54, 1.807) is 0 Å². The van der Waals surface area contributed by atoms with E-state index in [1.807, 2.05) is 44.3 Å². The minimum atomic E-state index is -0.837. The van der Waals surface area contributed by atoms with Crippen LogP contribution in [0, 0.1) is 20.8 Å². The number of aryl methyl sites for hydroxylation is 3. The summed E-state index contributed by atoms with van der Waals surface area (Å²) in [5.74, 6) is 1.53. The third-order valence-electron chi connectivity index (χ3n) is 5.64. The van der Waals surface area contributed by atoms with E-state index in [9.17, 15) is 5.11 Å². The molecular formula is C23H27N3O2. The molecule has 5 heteroatoms. The first-order valence-corrected chi connectivity index (χ1v) is 9.84. The van der Waals surface area contributed by atoms with Crippen molar-refractivity contribution in [2.45, 2.75) is 45.8 Å². The van der Waals surface area contributed by atoms with Crippen LogP contribution in [0.15, 0.2) is 47.0 Å². The maximum Gasteiger partial charge on any atom is 0.226 e. The largest absolute Gasteiger partial charge is 0.441 e. The van der Waals surface area contributed by atoms with Crippen molar-refractivity contribution in [1.82, 2.24) is 14.9 Å². The van der Waals surface area contributed by atoms with Crippen LogP contribution >= 0.6 is 0 Å². The molecule has 0 bridgehead atoms. The van der Waals surface area contributed by atoms with Gasteiger partial charge in [0.2, 0.25) is 5.89 Å². The molecule has 1 aliphatic heterocycles. The van der Waals surface area contributed by atoms with Crippen LogP contribution in [0.3, 0.4) is 0 Å². The van der Waals surface area contributed by atoms with Crippen LogP contribution in [0.5, 0.6) is 0 Å². The van der Waals surface area contributed by atoms with Crippen molar-refractivity contribution in [3.05, 3.63) is 70.9 Å². The highest BCUT2D eigenvalue weighted by Gasteiger charge is 2.35. The number of rotatable bonds is 4. The van der Waals surface area contributed by atoms with Crippen molar-refractivity contribution < 1.29 is 9.52 Å². The summed E-state index contributed by atoms with van der Waals surface area (Å²) >= 11 is 0. The van der Waals surface area contributed by atoms with E-state index in [4.69, 9.17) is 9.40 Å². The lowest BCUT2D eigenvalue weighted by Gasteiger charge is -2.37. The smallest absolute Gasteiger partial charge is 0.226 e. The minimum absolute atomic E-state index is 0.671. The van der Waals surface area contributed by atoms with Crippen molar-refractivity contribution >= 4 is 0 Å². The molecule has 4 rings (SSSR count). The molecule has 0 unspecified atom stereocenters. The lowest BCUT2D eigenvalue weighted by atomic mass is 9.87. The van der Waals surface area contributed by atoms with Gasteiger partial charge in [-0.1, -0.05) is 23.8 Å². The van der Waals surface area contributed by atoms with Gasteiger partial charge >= 0.3 is 0 Å². The first-order chi connectivity index (χ1) is 13.4. The number of nitrogens with zero attached hydrogens (tertiary/aromatic N) is 3. The van der Waals surface area contributed by atoms with Crippen LogP contribution in [-0.4, -0.2) is 33.1 Å². The zero-order valence-corrected chi connectivity index (χ0v) is 16.8. The Morgan fingerprint density at radius 1 is 1.00 bits per heavy atom. The second kappa shape index (κ2) is 7.49. The van der Waals surface area contributed by atoms with Gasteiger partial charge in [-0.25, -0.2) is 4.98 Å². The van der Waals surface area contributed by atoms with E-state index in [0.29, 0.717) is 18.7 Å². The predicted molar refractivity (Wildman–Crippen MR) is 109 cm³/mol. The number of aromatic nitrogens is 2. The summed E-state index contributed by atoms with van der Waals surface area (Å²) in [4.78, 5) is 11.5. The number of aliphatic hydroxyl groups is 1. The van der Waals surface area contributed by atoms with Gasteiger partial charge in [0.05, 0.1) is 11.4 Å². The zero-order valence-electron chi connectivity index (χ0n) is 16.8. The lowest BCUT2D eigenvalue weighted by molar-refractivity contribution is -0.0313. The van der Waals surface area contributed by atoms with Gasteiger partial charge in [-0.2, -0.15) is 0 Å². The van der Waals surface area contributed by atoms with Crippen molar-refractivity contribution in [3.8, 4) is 11.5 Å². The third kappa shape index (κ3) is 3.86. The number of hydrogen-bond donors (Lipinski definition) is 1. The SMILES string of the molecule is Cc1ccc(-c2nc(CN3CCC(O)(c4ccc(C)cn4)CC3)c(C)o2)cc1. The third-order valence-corrected chi connectivity index (χ3v) is 5.64. The molecule has 0 aliphatic carbocycles. The van der Waals surface area contributed by atoms with E-state index in [0.717, 1.165) is 47.9 Å². The number of hydrogen-bond acceptors (Lipinski definition) is 5. The van der Waals surface area contributed by atoms with Gasteiger partial charge in [0.15, 0.2) is 0 Å². The van der Waals surface area contributed by atoms with Crippen molar-refractivity contribution in [1.29, 1.82) is 0 Å². The predicted octanol–water partition coefficient (Wildman–Crippen LogP) is 4.15. The number of oxazole rings is 1. The molecule has 3 heterocycles. The molecule has 2 aromatic heterocycles. The van der Waals surface area contributed by atoms with E-state index in [1.165, 1.54) is 5.56 Å². The van der Waals surface area contributed by atoms with E-state index in [-0.39, 0.29) is 0 Å². The molecule has 1 fully saturated rings. The first-order valence-electron chi connectivity index (χ1n) is 9.84. The Hall–Kier alpha value is -2.50. The molecule has 0 radical (unpaired) electrons. The molecule has 1 N–H and O–H groups in total. The average Bonchev–Trinajstić information content (AvgIpc) is 3.05. The van der Waals surface area contributed by atoms with Gasteiger partial charge in [-0.05, 0) is 57.4 Å². The molecule has 0 atom stereocenters. The molecule has 1 saturated heterocycles. The van der Waals surface area contributed by atoms with E-state index in [2.05, 4.69) is 28.9 Å². The summed E-state index contributed by atoms with van der Waals surface area (Å²) in [7, 11) is 0. The summed E-state index contributed by atoms with van der Waals surface area (Å²) in [5, 5.41) is 11.0. The van der Waals surface area contributed by atoms with Gasteiger partial charge < -0.3 is 9.52 Å². The zero-order chi connectivity index (χ0) is 19.7. The van der Waals surface area contributed by atoms with Crippen LogP contribution in [0.25, 0.3) is 11.5 Å². The van der Waals surface area contributed by atoms with E-state index < -0.39 is 5.60 Å². The lowest BCUT2D eigenvalue weighted by Crippen LogP contribution is -2.42. The number of likely N-dealkylation sites (tertiary alicyclic amines) is 1. The molecular weight excluding hydrogens is 350 g/mol. The van der Waals surface area contributed by atoms with Gasteiger partial charge in [0.1, 0.15) is 11.4 Å². The molecule has 28 heavy (non-hydrogen) atoms. The standard InChI is InChI=1S/C23H27N3O2/c1-16-4-7-19(8-5-16)22-25-20(18(3)28-22)15-26-12-10-23(27,11-13-26)21-9-6-17(2)14-24-21/h4-9,14,27H,10-13,15H2,1-3H3. The van der Waals surface area contributed by atoms with Crippen molar-refractivity contribution in [3.63, 3.8) is 0 Å². The molecule has 3 aromatic rings. The fourth-order valence-electron chi connectivity index (χ4n) is 3.69. The van der Waals surface area contributed by atoms with Gasteiger partial charge in [-0.15, -0.1) is 0 Å². The second-order valence-corrected chi connectivity index (χ2v) is 7.92. The highest BCUT2D eigenvalue weighted by molar-refractivity contribution is 5.54. The monoisotopic (exact) mass is 377 g/mol. The summed E-state index contributed by atoms with van der Waals surface area (Å²) in [6, 6.07) is 12.2. The van der Waals surface area contributed by atoms with E-state index >= 15 is 0 Å². The molecule has 146 valence electrons. The highest BCUT2D eigenvalue weighted by atomic mass is 16.4. The van der Waals surface area contributed by atoms with Crippen molar-refractivity contribution in [2.75, 3.05) is 13.1 Å². The highest BCUT2D eigenvalue weighted by Crippen LogP contribution is 2.32. The average molecular weight is 377 g/mol. The maximum atomic E-state index is 11.0. The summed E-state index contributed by atoms with van der Waals surface area (Å²) in [5.41, 5.74) is 4.23. The van der Waals surface area contributed by atoms with Crippen molar-refractivity contribution in [2.24, 2.45) is 0 Å². The molecule has 0 spiro atoms. The Bertz CT molecular complexity index is 937. The summed E-state index contributed by atoms with van der Waals surface area (Å²) in [6.07, 6.45) is 3.17. The quantitative estimate of drug-likeness (QED) is 0.740. The Morgan fingerprint density at radius 3 is 2.32 bits per heavy atom. The minimum Gasteiger partial charge on any atom is -0.441 e. The maximum absolute atomic E-state index is 11.0. The Morgan fingerprint density at radius 2 is 1.68 bits per heavy atom. The molecule has 5 nitrogen and oxygen atoms in total. The number of benzene rings is 1. The van der Waals surface area contributed by atoms with Gasteiger partial charge in [-0.3, -0.25) is 9.88 Å². The van der Waals surface area contributed by atoms with Crippen LogP contribution in [-0.2, 0) is 12.1 Å². The summed E-state index contributed by atoms with van der Waals surface area (Å²) < 4.78 is 5.91. The topological polar surface area (TPSA) is 62.4 Å². The first kappa shape index (κ1) is 18.8. The molecule has 0 amide bonds. The Balaban J connectivity index is 1.42. The van der Waals surface area contributed by atoms with Crippen LogP contribution < -0.4 is 0 Å². The van der Waals surface area contributed by atoms with Crippen LogP contribution in [0.4, 0.5) is 0 Å². The molecule has 1 aromatic carbocycles. The normalized spacial score (nSPS) is 17.0. The fraction of sp³-hybridized carbons (Fsp3) is 0.391. The van der Waals surface area contributed by atoms with Crippen LogP contribution in [0.1, 0.15) is 41.1 Å². The number of piperidine rings is 1. The second-order valence-electron chi connectivity index (χ2n) is 7.92. The van der Waals surface area contributed by atoms with Crippen LogP contribution in [0.2, 0.25) is 0 Å². The summed E-state index contributed by atoms with van der Waals surface area (Å²) in [6.45, 7) is 8.39. The van der Waals surface area contributed by atoms with Gasteiger partial charge in [0.25, 0.3) is 0 Å². The molecule has 0 saturated carbocycles. The number of pyridine rings is 1. The fourth-order valence-corrected chi connectivity index (χ4v) is 3.69. The molecule has 1 aliphatic rings. The Labute approximate surface area is 166 Å². The Kier molecular flexibility index (Phi) is 5.04. The van der Waals surface area contributed by atoms with Gasteiger partial charge in [0, 0.05) is 31.4 Å².